The summed E-state index contributed by atoms with van der Waals surface area (Å²) in [5.41, 5.74) is 1.12. The summed E-state index contributed by atoms with van der Waals surface area (Å²) < 4.78 is 11.7. The van der Waals surface area contributed by atoms with Crippen molar-refractivity contribution in [2.45, 2.75) is 19.8 Å². The average molecular weight is 425 g/mol. The van der Waals surface area contributed by atoms with Gasteiger partial charge in [0.2, 0.25) is 0 Å². The molecule has 3 aromatic rings. The number of aromatic nitrogens is 1. The van der Waals surface area contributed by atoms with Crippen LogP contribution in [0, 0.1) is 0 Å². The number of carbonyl (C=O) groups excluding carboxylic acids is 1. The summed E-state index contributed by atoms with van der Waals surface area (Å²) in [5, 5.41) is 3.87. The molecule has 0 fully saturated rings. The predicted molar refractivity (Wildman–Crippen MR) is 111 cm³/mol. The molecule has 2 aromatic carbocycles. The SMILES string of the molecule is CCCCOc1c(Cl)cc(C(=O)Nc2nc3ccc(OC)cc3s2)cc1Cl. The molecule has 0 spiro atoms. The summed E-state index contributed by atoms with van der Waals surface area (Å²) in [6.45, 7) is 2.59. The lowest BCUT2D eigenvalue weighted by atomic mass is 10.2. The van der Waals surface area contributed by atoms with Gasteiger partial charge >= 0.3 is 0 Å². The molecule has 1 heterocycles. The second-order valence-electron chi connectivity index (χ2n) is 5.78. The van der Waals surface area contributed by atoms with Crippen molar-refractivity contribution >= 4 is 55.8 Å². The van der Waals surface area contributed by atoms with Crippen molar-refractivity contribution < 1.29 is 14.3 Å². The minimum atomic E-state index is -0.343. The number of anilines is 1. The number of amides is 1. The molecule has 0 unspecified atom stereocenters. The Balaban J connectivity index is 1.77. The highest BCUT2D eigenvalue weighted by molar-refractivity contribution is 7.22. The molecule has 0 saturated heterocycles. The zero-order valence-corrected chi connectivity index (χ0v) is 17.2. The van der Waals surface area contributed by atoms with E-state index in [-0.39, 0.29) is 5.91 Å². The number of ether oxygens (including phenoxy) is 2. The molecule has 0 bridgehead atoms. The number of halogens is 2. The second-order valence-corrected chi connectivity index (χ2v) is 7.62. The molecule has 0 saturated carbocycles. The van der Waals surface area contributed by atoms with E-state index in [0.717, 1.165) is 28.8 Å². The van der Waals surface area contributed by atoms with E-state index in [1.807, 2.05) is 18.2 Å². The number of rotatable bonds is 7. The molecule has 1 amide bonds. The third-order valence-electron chi connectivity index (χ3n) is 3.82. The van der Waals surface area contributed by atoms with E-state index >= 15 is 0 Å². The van der Waals surface area contributed by atoms with Gasteiger partial charge in [0.25, 0.3) is 5.91 Å². The molecule has 1 N–H and O–H groups in total. The Morgan fingerprint density at radius 1 is 1.22 bits per heavy atom. The predicted octanol–water partition coefficient (Wildman–Crippen LogP) is 6.04. The lowest BCUT2D eigenvalue weighted by Crippen LogP contribution is -2.12. The first-order valence-electron chi connectivity index (χ1n) is 8.39. The Morgan fingerprint density at radius 2 is 1.96 bits per heavy atom. The number of methoxy groups -OCH3 is 1. The fourth-order valence-electron chi connectivity index (χ4n) is 2.40. The zero-order valence-electron chi connectivity index (χ0n) is 14.8. The first-order chi connectivity index (χ1) is 13.0. The van der Waals surface area contributed by atoms with Crippen molar-refractivity contribution in [3.05, 3.63) is 45.9 Å². The van der Waals surface area contributed by atoms with E-state index in [0.29, 0.717) is 33.1 Å². The third kappa shape index (κ3) is 4.64. The average Bonchev–Trinajstić information content (AvgIpc) is 3.04. The Hall–Kier alpha value is -2.02. The smallest absolute Gasteiger partial charge is 0.257 e. The standard InChI is InChI=1S/C19H18Cl2N2O3S/c1-3-4-7-26-17-13(20)8-11(9-14(17)21)18(24)23-19-22-15-6-5-12(25-2)10-16(15)27-19/h5-6,8-10H,3-4,7H2,1-2H3,(H,22,23,24). The van der Waals surface area contributed by atoms with Crippen LogP contribution in [0.4, 0.5) is 5.13 Å². The van der Waals surface area contributed by atoms with Crippen LogP contribution in [0.1, 0.15) is 30.1 Å². The Kier molecular flexibility index (Phi) is 6.42. The number of thiazole rings is 1. The molecule has 0 atom stereocenters. The van der Waals surface area contributed by atoms with Crippen LogP contribution in [0.2, 0.25) is 10.0 Å². The van der Waals surface area contributed by atoms with Gasteiger partial charge in [0.1, 0.15) is 5.75 Å². The molecule has 0 aliphatic rings. The normalized spacial score (nSPS) is 10.8. The Bertz CT molecular complexity index is 952. The highest BCUT2D eigenvalue weighted by Gasteiger charge is 2.16. The van der Waals surface area contributed by atoms with E-state index in [1.165, 1.54) is 11.3 Å². The largest absolute Gasteiger partial charge is 0.497 e. The van der Waals surface area contributed by atoms with Crippen LogP contribution in [0.15, 0.2) is 30.3 Å². The molecule has 0 radical (unpaired) electrons. The number of nitrogens with zero attached hydrogens (tertiary/aromatic N) is 1. The molecule has 0 aliphatic heterocycles. The maximum atomic E-state index is 12.6. The van der Waals surface area contributed by atoms with Crippen molar-refractivity contribution in [2.24, 2.45) is 0 Å². The first-order valence-corrected chi connectivity index (χ1v) is 9.96. The molecular formula is C19H18Cl2N2O3S. The molecule has 0 aliphatic carbocycles. The Morgan fingerprint density at radius 3 is 2.63 bits per heavy atom. The van der Waals surface area contributed by atoms with Gasteiger partial charge in [0, 0.05) is 5.56 Å². The summed E-state index contributed by atoms with van der Waals surface area (Å²) in [5.74, 6) is 0.793. The molecule has 3 rings (SSSR count). The van der Waals surface area contributed by atoms with Crippen LogP contribution in [-0.2, 0) is 0 Å². The van der Waals surface area contributed by atoms with E-state index in [4.69, 9.17) is 32.7 Å². The van der Waals surface area contributed by atoms with E-state index < -0.39 is 0 Å². The number of unbranched alkanes of at least 4 members (excludes halogenated alkanes) is 1. The summed E-state index contributed by atoms with van der Waals surface area (Å²) in [6, 6.07) is 8.63. The van der Waals surface area contributed by atoms with Gasteiger partial charge in [-0.15, -0.1) is 0 Å². The topological polar surface area (TPSA) is 60.5 Å². The molecule has 5 nitrogen and oxygen atoms in total. The summed E-state index contributed by atoms with van der Waals surface area (Å²) in [4.78, 5) is 17.0. The number of benzene rings is 2. The minimum Gasteiger partial charge on any atom is -0.497 e. The minimum absolute atomic E-state index is 0.304. The number of hydrogen-bond acceptors (Lipinski definition) is 5. The maximum absolute atomic E-state index is 12.6. The number of hydrogen-bond donors (Lipinski definition) is 1. The fraction of sp³-hybridized carbons (Fsp3) is 0.263. The number of nitrogens with one attached hydrogen (secondary N) is 1. The van der Waals surface area contributed by atoms with Crippen LogP contribution in [0.25, 0.3) is 10.2 Å². The summed E-state index contributed by atoms with van der Waals surface area (Å²) >= 11 is 13.8. The van der Waals surface area contributed by atoms with Crippen LogP contribution >= 0.6 is 34.5 Å². The van der Waals surface area contributed by atoms with E-state index in [1.54, 1.807) is 19.2 Å². The molecule has 27 heavy (non-hydrogen) atoms. The molecule has 142 valence electrons. The van der Waals surface area contributed by atoms with Crippen LogP contribution in [0.5, 0.6) is 11.5 Å². The zero-order chi connectivity index (χ0) is 19.4. The maximum Gasteiger partial charge on any atom is 0.257 e. The quantitative estimate of drug-likeness (QED) is 0.469. The lowest BCUT2D eigenvalue weighted by molar-refractivity contribution is 0.102. The van der Waals surface area contributed by atoms with Crippen molar-refractivity contribution in [2.75, 3.05) is 19.0 Å². The molecule has 1 aromatic heterocycles. The van der Waals surface area contributed by atoms with Crippen LogP contribution in [-0.4, -0.2) is 24.6 Å². The van der Waals surface area contributed by atoms with E-state index in [2.05, 4.69) is 17.2 Å². The van der Waals surface area contributed by atoms with Crippen molar-refractivity contribution in [1.82, 2.24) is 4.98 Å². The van der Waals surface area contributed by atoms with Gasteiger partial charge in [0.05, 0.1) is 34.0 Å². The highest BCUT2D eigenvalue weighted by atomic mass is 35.5. The summed E-state index contributed by atoms with van der Waals surface area (Å²) in [6.07, 6.45) is 1.90. The van der Waals surface area contributed by atoms with Crippen molar-refractivity contribution in [3.8, 4) is 11.5 Å². The second kappa shape index (κ2) is 8.78. The monoisotopic (exact) mass is 424 g/mol. The van der Waals surface area contributed by atoms with Gasteiger partial charge in [-0.05, 0) is 36.8 Å². The number of carbonyl (C=O) groups is 1. The highest BCUT2D eigenvalue weighted by Crippen LogP contribution is 2.35. The van der Waals surface area contributed by atoms with Crippen LogP contribution in [0.3, 0.4) is 0 Å². The lowest BCUT2D eigenvalue weighted by Gasteiger charge is -2.11. The third-order valence-corrected chi connectivity index (χ3v) is 5.32. The van der Waals surface area contributed by atoms with Gasteiger partial charge in [-0.25, -0.2) is 4.98 Å². The molecular weight excluding hydrogens is 407 g/mol. The van der Waals surface area contributed by atoms with Gasteiger partial charge in [-0.2, -0.15) is 0 Å². The molecule has 8 heteroatoms. The van der Waals surface area contributed by atoms with Crippen LogP contribution < -0.4 is 14.8 Å². The first kappa shape index (κ1) is 19.7. The Labute approximate surface area is 171 Å². The number of fused-ring (bicyclic) bond motifs is 1. The van der Waals surface area contributed by atoms with Gasteiger partial charge in [-0.1, -0.05) is 47.9 Å². The fourth-order valence-corrected chi connectivity index (χ4v) is 3.89. The summed E-state index contributed by atoms with van der Waals surface area (Å²) in [7, 11) is 1.61. The van der Waals surface area contributed by atoms with E-state index in [9.17, 15) is 4.79 Å². The van der Waals surface area contributed by atoms with Crippen molar-refractivity contribution in [1.29, 1.82) is 0 Å². The van der Waals surface area contributed by atoms with Crippen molar-refractivity contribution in [3.63, 3.8) is 0 Å². The van der Waals surface area contributed by atoms with Gasteiger partial charge in [0.15, 0.2) is 10.9 Å². The van der Waals surface area contributed by atoms with Gasteiger partial charge < -0.3 is 9.47 Å². The van der Waals surface area contributed by atoms with Gasteiger partial charge in [-0.3, -0.25) is 10.1 Å².